The molecule has 0 bridgehead atoms. The van der Waals surface area contributed by atoms with Crippen molar-refractivity contribution in [1.29, 1.82) is 0 Å². The zero-order valence-electron chi connectivity index (χ0n) is 23.6. The second-order valence-corrected chi connectivity index (χ2v) is 10.4. The maximum Gasteiger partial charge on any atom is 0.256 e. The van der Waals surface area contributed by atoms with E-state index in [2.05, 4.69) is 12.2 Å². The smallest absolute Gasteiger partial charge is 0.256 e. The van der Waals surface area contributed by atoms with Crippen molar-refractivity contribution in [3.05, 3.63) is 131 Å². The first-order chi connectivity index (χ1) is 20.6. The summed E-state index contributed by atoms with van der Waals surface area (Å²) in [4.78, 5) is 34.1. The van der Waals surface area contributed by atoms with Crippen molar-refractivity contribution < 1.29 is 14.3 Å². The van der Waals surface area contributed by atoms with E-state index < -0.39 is 0 Å². The summed E-state index contributed by atoms with van der Waals surface area (Å²) in [7, 11) is 0. The average Bonchev–Trinajstić information content (AvgIpc) is 3.05. The Morgan fingerprint density at radius 2 is 1.60 bits per heavy atom. The lowest BCUT2D eigenvalue weighted by Gasteiger charge is -2.29. The summed E-state index contributed by atoms with van der Waals surface area (Å²) < 4.78 is 6.49. The van der Waals surface area contributed by atoms with Crippen LogP contribution in [-0.2, 0) is 6.42 Å². The minimum atomic E-state index is -0.223. The standard InChI is InChI=1S/C36H33N3O3/c1-2-30(26-14-5-3-6-15-26)38-35(40)32-29-19-11-12-20-31(29)37-33(27-16-7-4-8-17-27)34(32)42-24-23-39-22-21-25-13-9-10-18-28(25)36(39)41/h3-20,30H,2,21-24H2,1H3,(H,38,40)/t30-/m0/s1. The van der Waals surface area contributed by atoms with Gasteiger partial charge in [-0.05, 0) is 36.1 Å². The van der Waals surface area contributed by atoms with Gasteiger partial charge in [0.2, 0.25) is 0 Å². The number of pyridine rings is 1. The Morgan fingerprint density at radius 3 is 2.38 bits per heavy atom. The second kappa shape index (κ2) is 12.3. The van der Waals surface area contributed by atoms with E-state index in [1.807, 2.05) is 114 Å². The Hall–Kier alpha value is -4.97. The highest BCUT2D eigenvalue weighted by Gasteiger charge is 2.27. The molecule has 5 aromatic rings. The molecule has 1 aliphatic rings. The number of nitrogens with zero attached hydrogens (tertiary/aromatic N) is 2. The molecule has 2 heterocycles. The molecular weight excluding hydrogens is 522 g/mol. The molecule has 0 radical (unpaired) electrons. The topological polar surface area (TPSA) is 71.5 Å². The van der Waals surface area contributed by atoms with Crippen LogP contribution < -0.4 is 10.1 Å². The first-order valence-corrected chi connectivity index (χ1v) is 14.5. The summed E-state index contributed by atoms with van der Waals surface area (Å²) in [6.07, 6.45) is 1.54. The number of fused-ring (bicyclic) bond motifs is 2. The Bertz CT molecular complexity index is 1720. The summed E-state index contributed by atoms with van der Waals surface area (Å²) in [6, 6.07) is 35.0. The minimum Gasteiger partial charge on any atom is -0.489 e. The summed E-state index contributed by atoms with van der Waals surface area (Å²) in [6.45, 7) is 3.31. The molecule has 0 aliphatic carbocycles. The van der Waals surface area contributed by atoms with Gasteiger partial charge in [0, 0.05) is 23.1 Å². The van der Waals surface area contributed by atoms with Crippen LogP contribution in [0.15, 0.2) is 109 Å². The first kappa shape index (κ1) is 27.2. The number of carbonyl (C=O) groups excluding carboxylic acids is 2. The lowest BCUT2D eigenvalue weighted by Crippen LogP contribution is -2.40. The molecular formula is C36H33N3O3. The number of carbonyl (C=O) groups is 2. The molecule has 1 N–H and O–H groups in total. The molecule has 0 spiro atoms. The van der Waals surface area contributed by atoms with E-state index in [9.17, 15) is 9.59 Å². The fourth-order valence-corrected chi connectivity index (χ4v) is 5.63. The van der Waals surface area contributed by atoms with Gasteiger partial charge in [-0.1, -0.05) is 104 Å². The van der Waals surface area contributed by atoms with Crippen molar-refractivity contribution in [2.24, 2.45) is 0 Å². The number of hydrogen-bond acceptors (Lipinski definition) is 4. The van der Waals surface area contributed by atoms with Crippen LogP contribution in [0.1, 0.15) is 51.2 Å². The van der Waals surface area contributed by atoms with Crippen molar-refractivity contribution in [3.63, 3.8) is 0 Å². The van der Waals surface area contributed by atoms with Crippen molar-refractivity contribution in [1.82, 2.24) is 15.2 Å². The molecule has 0 unspecified atom stereocenters. The molecule has 1 aromatic heterocycles. The normalized spacial score (nSPS) is 13.5. The minimum absolute atomic E-state index is 0.00647. The van der Waals surface area contributed by atoms with E-state index in [4.69, 9.17) is 9.72 Å². The molecule has 1 aliphatic heterocycles. The van der Waals surface area contributed by atoms with E-state index in [0.717, 1.165) is 40.5 Å². The van der Waals surface area contributed by atoms with Crippen molar-refractivity contribution in [3.8, 4) is 17.0 Å². The van der Waals surface area contributed by atoms with Gasteiger partial charge in [-0.3, -0.25) is 9.59 Å². The average molecular weight is 556 g/mol. The monoisotopic (exact) mass is 555 g/mol. The number of para-hydroxylation sites is 1. The highest BCUT2D eigenvalue weighted by atomic mass is 16.5. The highest BCUT2D eigenvalue weighted by Crippen LogP contribution is 2.37. The van der Waals surface area contributed by atoms with Gasteiger partial charge in [0.05, 0.1) is 23.7 Å². The molecule has 0 fully saturated rings. The Morgan fingerprint density at radius 1 is 0.905 bits per heavy atom. The van der Waals surface area contributed by atoms with Gasteiger partial charge < -0.3 is 15.0 Å². The predicted octanol–water partition coefficient (Wildman–Crippen LogP) is 6.86. The Kier molecular flexibility index (Phi) is 7.95. The predicted molar refractivity (Wildman–Crippen MR) is 166 cm³/mol. The zero-order chi connectivity index (χ0) is 28.9. The molecule has 0 saturated heterocycles. The van der Waals surface area contributed by atoms with Crippen molar-refractivity contribution in [2.45, 2.75) is 25.8 Å². The number of rotatable bonds is 9. The second-order valence-electron chi connectivity index (χ2n) is 10.4. The van der Waals surface area contributed by atoms with Crippen LogP contribution in [0, 0.1) is 0 Å². The molecule has 0 saturated carbocycles. The lowest BCUT2D eigenvalue weighted by atomic mass is 9.99. The van der Waals surface area contributed by atoms with Gasteiger partial charge in [-0.15, -0.1) is 0 Å². The molecule has 210 valence electrons. The number of ether oxygens (including phenoxy) is 1. The maximum absolute atomic E-state index is 14.2. The number of nitrogens with one attached hydrogen (secondary N) is 1. The van der Waals surface area contributed by atoms with Gasteiger partial charge in [0.25, 0.3) is 11.8 Å². The largest absolute Gasteiger partial charge is 0.489 e. The van der Waals surface area contributed by atoms with Crippen LogP contribution in [0.2, 0.25) is 0 Å². The third-order valence-electron chi connectivity index (χ3n) is 7.83. The van der Waals surface area contributed by atoms with Crippen molar-refractivity contribution >= 4 is 22.7 Å². The lowest BCUT2D eigenvalue weighted by molar-refractivity contribution is 0.0712. The van der Waals surface area contributed by atoms with Crippen LogP contribution in [0.5, 0.6) is 5.75 Å². The third-order valence-corrected chi connectivity index (χ3v) is 7.83. The first-order valence-electron chi connectivity index (χ1n) is 14.5. The van der Waals surface area contributed by atoms with Crippen molar-refractivity contribution in [2.75, 3.05) is 19.7 Å². The van der Waals surface area contributed by atoms with Gasteiger partial charge in [0.15, 0.2) is 5.75 Å². The van der Waals surface area contributed by atoms with Gasteiger partial charge in [-0.2, -0.15) is 0 Å². The molecule has 42 heavy (non-hydrogen) atoms. The van der Waals surface area contributed by atoms with E-state index >= 15 is 0 Å². The molecule has 6 nitrogen and oxygen atoms in total. The van der Waals surface area contributed by atoms with Crippen LogP contribution in [0.4, 0.5) is 0 Å². The summed E-state index contributed by atoms with van der Waals surface area (Å²) >= 11 is 0. The number of benzene rings is 4. The van der Waals surface area contributed by atoms with Gasteiger partial charge >= 0.3 is 0 Å². The summed E-state index contributed by atoms with van der Waals surface area (Å²) in [5.74, 6) is 0.205. The molecule has 6 rings (SSSR count). The Balaban J connectivity index is 1.37. The third kappa shape index (κ3) is 5.48. The van der Waals surface area contributed by atoms with E-state index in [-0.39, 0.29) is 24.5 Å². The SMILES string of the molecule is CC[C@H](NC(=O)c1c(OCCN2CCc3ccccc3C2=O)c(-c2ccccc2)nc2ccccc12)c1ccccc1. The fourth-order valence-electron chi connectivity index (χ4n) is 5.63. The Labute approximate surface area is 246 Å². The molecule has 1 atom stereocenters. The zero-order valence-corrected chi connectivity index (χ0v) is 23.6. The van der Waals surface area contributed by atoms with Crippen LogP contribution in [0.3, 0.4) is 0 Å². The van der Waals surface area contributed by atoms with Gasteiger partial charge in [0.1, 0.15) is 12.3 Å². The molecule has 6 heteroatoms. The molecule has 4 aromatic carbocycles. The van der Waals surface area contributed by atoms with E-state index in [0.29, 0.717) is 35.6 Å². The quantitative estimate of drug-likeness (QED) is 0.216. The number of hydrogen-bond donors (Lipinski definition) is 1. The van der Waals surface area contributed by atoms with Gasteiger partial charge in [-0.25, -0.2) is 4.98 Å². The van der Waals surface area contributed by atoms with Crippen LogP contribution >= 0.6 is 0 Å². The van der Waals surface area contributed by atoms with Crippen LogP contribution in [0.25, 0.3) is 22.2 Å². The number of aromatic nitrogens is 1. The van der Waals surface area contributed by atoms with Crippen LogP contribution in [-0.4, -0.2) is 41.4 Å². The number of amides is 2. The maximum atomic E-state index is 14.2. The fraction of sp³-hybridized carbons (Fsp3) is 0.194. The summed E-state index contributed by atoms with van der Waals surface area (Å²) in [5.41, 5.74) is 5.48. The molecule has 2 amide bonds. The van der Waals surface area contributed by atoms with E-state index in [1.54, 1.807) is 0 Å². The summed E-state index contributed by atoms with van der Waals surface area (Å²) in [5, 5.41) is 3.98. The highest BCUT2D eigenvalue weighted by molar-refractivity contribution is 6.10. The van der Waals surface area contributed by atoms with E-state index in [1.165, 1.54) is 0 Å².